The minimum Gasteiger partial charge on any atom is -0.387 e. The van der Waals surface area contributed by atoms with Crippen LogP contribution in [0.1, 0.15) is 32.4 Å². The fourth-order valence-electron chi connectivity index (χ4n) is 1.22. The Morgan fingerprint density at radius 3 is 2.59 bits per heavy atom. The molecule has 0 saturated heterocycles. The number of aliphatic hydroxyl groups excluding tert-OH is 1. The van der Waals surface area contributed by atoms with E-state index >= 15 is 0 Å². The zero-order chi connectivity index (χ0) is 13.1. The predicted molar refractivity (Wildman–Crippen MR) is 60.2 cm³/mol. The van der Waals surface area contributed by atoms with Crippen LogP contribution in [-0.2, 0) is 4.84 Å². The Hall–Kier alpha value is -1.04. The summed E-state index contributed by atoms with van der Waals surface area (Å²) in [6.07, 6.45) is -1.16. The maximum atomic E-state index is 13.3. The highest BCUT2D eigenvalue weighted by Gasteiger charge is 2.16. The number of nitrogens with one attached hydrogen (secondary N) is 1. The maximum Gasteiger partial charge on any atom is 0.129 e. The van der Waals surface area contributed by atoms with Gasteiger partial charge in [-0.05, 0) is 39.0 Å². The molecule has 0 spiro atoms. The molecule has 0 fully saturated rings. The molecule has 0 aliphatic heterocycles. The summed E-state index contributed by atoms with van der Waals surface area (Å²) in [5, 5.41) is 9.67. The van der Waals surface area contributed by atoms with Crippen LogP contribution in [0.15, 0.2) is 18.2 Å². The molecule has 0 heterocycles. The van der Waals surface area contributed by atoms with Gasteiger partial charge in [0.2, 0.25) is 0 Å². The van der Waals surface area contributed by atoms with Crippen LogP contribution < -0.4 is 5.48 Å². The Bertz CT molecular complexity index is 377. The third-order valence-corrected chi connectivity index (χ3v) is 1.97. The molecule has 0 amide bonds. The highest BCUT2D eigenvalue weighted by Crippen LogP contribution is 2.18. The fourth-order valence-corrected chi connectivity index (χ4v) is 1.22. The van der Waals surface area contributed by atoms with Crippen LogP contribution >= 0.6 is 0 Å². The van der Waals surface area contributed by atoms with Crippen LogP contribution in [0.2, 0.25) is 0 Å². The third-order valence-electron chi connectivity index (χ3n) is 1.97. The SMILES string of the molecule is CC(C)(C)ONCC(O)c1cc(F)ccc1F. The second kappa shape index (κ2) is 5.53. The van der Waals surface area contributed by atoms with Crippen molar-refractivity contribution in [1.82, 2.24) is 5.48 Å². The van der Waals surface area contributed by atoms with Gasteiger partial charge in [0.1, 0.15) is 11.6 Å². The van der Waals surface area contributed by atoms with Crippen LogP contribution in [-0.4, -0.2) is 17.3 Å². The Labute approximate surface area is 99.4 Å². The van der Waals surface area contributed by atoms with Gasteiger partial charge in [-0.3, -0.25) is 4.84 Å². The smallest absolute Gasteiger partial charge is 0.129 e. The second-order valence-corrected chi connectivity index (χ2v) is 4.74. The van der Waals surface area contributed by atoms with Gasteiger partial charge in [0, 0.05) is 5.56 Å². The molecule has 96 valence electrons. The summed E-state index contributed by atoms with van der Waals surface area (Å²) < 4.78 is 26.2. The number of hydrogen-bond donors (Lipinski definition) is 2. The van der Waals surface area contributed by atoms with Crippen LogP contribution in [0.4, 0.5) is 8.78 Å². The van der Waals surface area contributed by atoms with Crippen molar-refractivity contribution in [2.45, 2.75) is 32.5 Å². The zero-order valence-corrected chi connectivity index (χ0v) is 10.1. The summed E-state index contributed by atoms with van der Waals surface area (Å²) >= 11 is 0. The molecule has 0 bridgehead atoms. The highest BCUT2D eigenvalue weighted by molar-refractivity contribution is 5.21. The van der Waals surface area contributed by atoms with Crippen molar-refractivity contribution < 1.29 is 18.7 Å². The van der Waals surface area contributed by atoms with Gasteiger partial charge < -0.3 is 5.11 Å². The summed E-state index contributed by atoms with van der Waals surface area (Å²) in [4.78, 5) is 5.17. The Balaban J connectivity index is 2.58. The third kappa shape index (κ3) is 4.77. The maximum absolute atomic E-state index is 13.3. The number of hydroxylamine groups is 1. The van der Waals surface area contributed by atoms with E-state index < -0.39 is 23.3 Å². The van der Waals surface area contributed by atoms with Gasteiger partial charge >= 0.3 is 0 Å². The van der Waals surface area contributed by atoms with E-state index in [-0.39, 0.29) is 12.1 Å². The molecule has 0 aliphatic rings. The molecule has 0 aliphatic carbocycles. The van der Waals surface area contributed by atoms with Crippen LogP contribution in [0.5, 0.6) is 0 Å². The first-order chi connectivity index (χ1) is 7.79. The molecule has 17 heavy (non-hydrogen) atoms. The van der Waals surface area contributed by atoms with Gasteiger partial charge in [-0.2, -0.15) is 5.48 Å². The monoisotopic (exact) mass is 245 g/mol. The molecule has 5 heteroatoms. The Morgan fingerprint density at radius 2 is 2.00 bits per heavy atom. The van der Waals surface area contributed by atoms with E-state index in [9.17, 15) is 13.9 Å². The van der Waals surface area contributed by atoms with Crippen molar-refractivity contribution in [2.75, 3.05) is 6.54 Å². The quantitative estimate of drug-likeness (QED) is 0.800. The van der Waals surface area contributed by atoms with Gasteiger partial charge in [-0.15, -0.1) is 0 Å². The summed E-state index contributed by atoms with van der Waals surface area (Å²) in [7, 11) is 0. The standard InChI is InChI=1S/C12H17F2NO2/c1-12(2,3)17-15-7-11(16)9-6-8(13)4-5-10(9)14/h4-6,11,15-16H,7H2,1-3H3. The van der Waals surface area contributed by atoms with E-state index in [1.54, 1.807) is 0 Å². The molecular formula is C12H17F2NO2. The van der Waals surface area contributed by atoms with Crippen LogP contribution in [0.3, 0.4) is 0 Å². The lowest BCUT2D eigenvalue weighted by molar-refractivity contribution is -0.0837. The normalized spacial score (nSPS) is 13.8. The lowest BCUT2D eigenvalue weighted by Crippen LogP contribution is -2.32. The fraction of sp³-hybridized carbons (Fsp3) is 0.500. The lowest BCUT2D eigenvalue weighted by Gasteiger charge is -2.21. The van der Waals surface area contributed by atoms with Crippen molar-refractivity contribution in [3.8, 4) is 0 Å². The number of aliphatic hydroxyl groups is 1. The molecule has 1 atom stereocenters. The topological polar surface area (TPSA) is 41.5 Å². The molecule has 1 aromatic rings. The largest absolute Gasteiger partial charge is 0.387 e. The number of hydrogen-bond acceptors (Lipinski definition) is 3. The highest BCUT2D eigenvalue weighted by atomic mass is 19.1. The average molecular weight is 245 g/mol. The molecular weight excluding hydrogens is 228 g/mol. The van der Waals surface area contributed by atoms with Crippen molar-refractivity contribution in [3.63, 3.8) is 0 Å². The first-order valence-electron chi connectivity index (χ1n) is 5.33. The van der Waals surface area contributed by atoms with E-state index in [1.807, 2.05) is 20.8 Å². The molecule has 1 aromatic carbocycles. The van der Waals surface area contributed by atoms with Gasteiger partial charge in [0.25, 0.3) is 0 Å². The van der Waals surface area contributed by atoms with Crippen molar-refractivity contribution in [3.05, 3.63) is 35.4 Å². The minimum absolute atomic E-state index is 0.0162. The van der Waals surface area contributed by atoms with Crippen molar-refractivity contribution in [1.29, 1.82) is 0 Å². The zero-order valence-electron chi connectivity index (χ0n) is 10.1. The predicted octanol–water partition coefficient (Wildman–Crippen LogP) is 2.32. The number of rotatable bonds is 4. The van der Waals surface area contributed by atoms with E-state index in [4.69, 9.17) is 4.84 Å². The van der Waals surface area contributed by atoms with Gasteiger partial charge in [-0.1, -0.05) is 0 Å². The van der Waals surface area contributed by atoms with Gasteiger partial charge in [0.05, 0.1) is 18.2 Å². The summed E-state index contributed by atoms with van der Waals surface area (Å²) in [6.45, 7) is 5.47. The second-order valence-electron chi connectivity index (χ2n) is 4.74. The molecule has 0 aromatic heterocycles. The van der Waals surface area contributed by atoms with E-state index in [0.717, 1.165) is 18.2 Å². The Morgan fingerprint density at radius 1 is 1.35 bits per heavy atom. The van der Waals surface area contributed by atoms with E-state index in [1.165, 1.54) is 0 Å². The lowest BCUT2D eigenvalue weighted by atomic mass is 10.1. The summed E-state index contributed by atoms with van der Waals surface area (Å²) in [5.74, 6) is -1.23. The average Bonchev–Trinajstić information content (AvgIpc) is 2.19. The molecule has 0 saturated carbocycles. The van der Waals surface area contributed by atoms with E-state index in [2.05, 4.69) is 5.48 Å². The molecule has 1 unspecified atom stereocenters. The molecule has 0 radical (unpaired) electrons. The number of benzene rings is 1. The van der Waals surface area contributed by atoms with Gasteiger partial charge in [-0.25, -0.2) is 8.78 Å². The van der Waals surface area contributed by atoms with Crippen molar-refractivity contribution >= 4 is 0 Å². The van der Waals surface area contributed by atoms with Gasteiger partial charge in [0.15, 0.2) is 0 Å². The number of halogens is 2. The summed E-state index contributed by atoms with van der Waals surface area (Å²) in [5.41, 5.74) is 2.03. The molecule has 3 nitrogen and oxygen atoms in total. The molecule has 2 N–H and O–H groups in total. The first-order valence-corrected chi connectivity index (χ1v) is 5.33. The molecule has 1 rings (SSSR count). The van der Waals surface area contributed by atoms with Crippen LogP contribution in [0.25, 0.3) is 0 Å². The minimum atomic E-state index is -1.16. The first kappa shape index (κ1) is 14.0. The Kier molecular flexibility index (Phi) is 4.56. The van der Waals surface area contributed by atoms with Crippen molar-refractivity contribution in [2.24, 2.45) is 0 Å². The van der Waals surface area contributed by atoms with Crippen LogP contribution in [0, 0.1) is 11.6 Å². The van der Waals surface area contributed by atoms with E-state index in [0.29, 0.717) is 0 Å². The summed E-state index contributed by atoms with van der Waals surface area (Å²) in [6, 6.07) is 2.96.